The number of carbonyl (C=O) groups is 1. The molecule has 0 N–H and O–H groups in total. The average Bonchev–Trinajstić information content (AvgIpc) is 2.95. The molecule has 4 rings (SSSR count). The second kappa shape index (κ2) is 6.95. The summed E-state index contributed by atoms with van der Waals surface area (Å²) in [5.41, 5.74) is 3.13. The van der Waals surface area contributed by atoms with Crippen LogP contribution in [-0.2, 0) is 0 Å². The second-order valence-corrected chi connectivity index (χ2v) is 8.15. The molecule has 0 radical (unpaired) electrons. The first-order valence-corrected chi connectivity index (χ1v) is 9.70. The fraction of sp³-hybridized carbons (Fsp3) is 0.0455. The summed E-state index contributed by atoms with van der Waals surface area (Å²) in [4.78, 5) is 16.7. The summed E-state index contributed by atoms with van der Waals surface area (Å²) in [7, 11) is 0. The van der Waals surface area contributed by atoms with Crippen molar-refractivity contribution in [2.75, 3.05) is 0 Å². The molecule has 0 amide bonds. The van der Waals surface area contributed by atoms with Crippen LogP contribution in [0.4, 0.5) is 0 Å². The maximum Gasteiger partial charge on any atom is 0.200 e. The normalized spacial score (nSPS) is 14.8. The first kappa shape index (κ1) is 16.2. The van der Waals surface area contributed by atoms with E-state index < -0.39 is 0 Å². The number of rotatable bonds is 3. The fourth-order valence-corrected chi connectivity index (χ4v) is 4.53. The molecule has 0 fully saturated rings. The molecule has 1 heterocycles. The number of fused-ring (bicyclic) bond motifs is 1. The highest BCUT2D eigenvalue weighted by molar-refractivity contribution is 8.04. The lowest BCUT2D eigenvalue weighted by Gasteiger charge is -2.03. The maximum absolute atomic E-state index is 12.4. The predicted molar refractivity (Wildman–Crippen MR) is 106 cm³/mol. The summed E-state index contributed by atoms with van der Waals surface area (Å²) in [6, 6.07) is 24.7. The third-order valence-electron chi connectivity index (χ3n) is 4.01. The molecule has 3 aromatic rings. The zero-order valence-electron chi connectivity index (χ0n) is 13.7. The molecule has 1 nitrogen and oxygen atoms in total. The Morgan fingerprint density at radius 2 is 1.48 bits per heavy atom. The number of hydrogen-bond donors (Lipinski definition) is 0. The van der Waals surface area contributed by atoms with E-state index in [0.29, 0.717) is 0 Å². The van der Waals surface area contributed by atoms with E-state index in [1.54, 1.807) is 23.5 Å². The number of aryl methyl sites for hydroxylation is 1. The molecule has 0 unspecified atom stereocenters. The highest BCUT2D eigenvalue weighted by Gasteiger charge is 2.24. The molecule has 0 saturated carbocycles. The van der Waals surface area contributed by atoms with Crippen molar-refractivity contribution in [1.29, 1.82) is 0 Å². The molecule has 25 heavy (non-hydrogen) atoms. The van der Waals surface area contributed by atoms with Crippen molar-refractivity contribution in [1.82, 2.24) is 0 Å². The van der Waals surface area contributed by atoms with E-state index in [9.17, 15) is 4.79 Å². The van der Waals surface area contributed by atoms with Gasteiger partial charge in [0.15, 0.2) is 0 Å². The summed E-state index contributed by atoms with van der Waals surface area (Å²) < 4.78 is 0. The van der Waals surface area contributed by atoms with Gasteiger partial charge in [0.1, 0.15) is 0 Å². The van der Waals surface area contributed by atoms with E-state index in [2.05, 4.69) is 55.5 Å². The number of Topliss-reactive ketones (excluding diaryl/α,β-unsaturated/α-hetero) is 1. The molecule has 0 atom stereocenters. The third-order valence-corrected chi connectivity index (χ3v) is 6.12. The molecule has 0 aliphatic carbocycles. The molecular formula is C22H16OS2. The van der Waals surface area contributed by atoms with Crippen LogP contribution in [-0.4, -0.2) is 5.78 Å². The topological polar surface area (TPSA) is 17.1 Å². The number of allylic oxidation sites excluding steroid dienone is 1. The summed E-state index contributed by atoms with van der Waals surface area (Å²) in [6.45, 7) is 2.09. The summed E-state index contributed by atoms with van der Waals surface area (Å²) >= 11 is 3.30. The number of ketones is 1. The van der Waals surface area contributed by atoms with Crippen LogP contribution >= 0.6 is 23.5 Å². The Balaban J connectivity index is 1.51. The van der Waals surface area contributed by atoms with Crippen molar-refractivity contribution in [3.05, 3.63) is 94.4 Å². The molecule has 1 aliphatic heterocycles. The van der Waals surface area contributed by atoms with Crippen molar-refractivity contribution < 1.29 is 4.79 Å². The standard InChI is InChI=1S/C22H16OS2/c1-15-6-10-17(11-7-15)24-18-12-8-16(9-13-18)14-21-22(23)19-4-2-3-5-20(19)25-21/h2-14H,1H3/b21-14+. The van der Waals surface area contributed by atoms with Gasteiger partial charge < -0.3 is 0 Å². The first-order valence-electron chi connectivity index (χ1n) is 8.07. The van der Waals surface area contributed by atoms with Gasteiger partial charge in [-0.1, -0.05) is 65.5 Å². The van der Waals surface area contributed by atoms with E-state index in [1.807, 2.05) is 30.3 Å². The van der Waals surface area contributed by atoms with Gasteiger partial charge in [-0.2, -0.15) is 0 Å². The molecule has 0 saturated heterocycles. The molecule has 3 heteroatoms. The van der Waals surface area contributed by atoms with E-state index in [1.165, 1.54) is 15.4 Å². The van der Waals surface area contributed by atoms with Gasteiger partial charge in [-0.05, 0) is 55.0 Å². The number of benzene rings is 3. The van der Waals surface area contributed by atoms with Crippen molar-refractivity contribution in [3.63, 3.8) is 0 Å². The lowest BCUT2D eigenvalue weighted by atomic mass is 10.1. The van der Waals surface area contributed by atoms with Gasteiger partial charge >= 0.3 is 0 Å². The number of carbonyl (C=O) groups excluding carboxylic acids is 1. The number of hydrogen-bond acceptors (Lipinski definition) is 3. The molecule has 1 aliphatic rings. The molecule has 0 spiro atoms. The predicted octanol–water partition coefficient (Wildman–Crippen LogP) is 6.48. The Morgan fingerprint density at radius 3 is 2.16 bits per heavy atom. The minimum absolute atomic E-state index is 0.124. The van der Waals surface area contributed by atoms with Gasteiger partial charge in [-0.25, -0.2) is 0 Å². The van der Waals surface area contributed by atoms with Crippen LogP contribution in [0.25, 0.3) is 6.08 Å². The SMILES string of the molecule is Cc1ccc(Sc2ccc(/C=C3/Sc4ccccc4C3=O)cc2)cc1. The highest BCUT2D eigenvalue weighted by Crippen LogP contribution is 2.40. The van der Waals surface area contributed by atoms with Crippen molar-refractivity contribution in [2.45, 2.75) is 21.6 Å². The maximum atomic E-state index is 12.4. The Hall–Kier alpha value is -2.23. The highest BCUT2D eigenvalue weighted by atomic mass is 32.2. The van der Waals surface area contributed by atoms with Crippen molar-refractivity contribution in [2.24, 2.45) is 0 Å². The van der Waals surface area contributed by atoms with E-state index in [4.69, 9.17) is 0 Å². The summed E-state index contributed by atoms with van der Waals surface area (Å²) in [5, 5.41) is 0. The molecule has 122 valence electrons. The quantitative estimate of drug-likeness (QED) is 0.498. The lowest BCUT2D eigenvalue weighted by Crippen LogP contribution is -1.93. The van der Waals surface area contributed by atoms with Gasteiger partial charge in [-0.15, -0.1) is 0 Å². The van der Waals surface area contributed by atoms with Crippen LogP contribution in [0.5, 0.6) is 0 Å². The van der Waals surface area contributed by atoms with Crippen LogP contribution < -0.4 is 0 Å². The van der Waals surface area contributed by atoms with Crippen LogP contribution in [0.15, 0.2) is 92.4 Å². The van der Waals surface area contributed by atoms with Gasteiger partial charge in [0.2, 0.25) is 5.78 Å². The molecule has 3 aromatic carbocycles. The van der Waals surface area contributed by atoms with E-state index in [-0.39, 0.29) is 5.78 Å². The van der Waals surface area contributed by atoms with Crippen LogP contribution in [0, 0.1) is 6.92 Å². The Morgan fingerprint density at radius 1 is 0.840 bits per heavy atom. The third kappa shape index (κ3) is 3.58. The minimum Gasteiger partial charge on any atom is -0.288 e. The monoisotopic (exact) mass is 360 g/mol. The van der Waals surface area contributed by atoms with Gasteiger partial charge in [0, 0.05) is 20.2 Å². The molecule has 0 aromatic heterocycles. The zero-order chi connectivity index (χ0) is 17.2. The molecule has 0 bridgehead atoms. The lowest BCUT2D eigenvalue weighted by molar-refractivity contribution is 0.104. The Kier molecular flexibility index (Phi) is 4.51. The minimum atomic E-state index is 0.124. The van der Waals surface area contributed by atoms with Gasteiger partial charge in [0.05, 0.1) is 4.91 Å². The van der Waals surface area contributed by atoms with E-state index >= 15 is 0 Å². The van der Waals surface area contributed by atoms with Crippen LogP contribution in [0.1, 0.15) is 21.5 Å². The summed E-state index contributed by atoms with van der Waals surface area (Å²) in [5.74, 6) is 0.124. The first-order chi connectivity index (χ1) is 12.2. The van der Waals surface area contributed by atoms with Crippen molar-refractivity contribution >= 4 is 35.4 Å². The molecular weight excluding hydrogens is 344 g/mol. The smallest absolute Gasteiger partial charge is 0.200 e. The van der Waals surface area contributed by atoms with E-state index in [0.717, 1.165) is 20.9 Å². The summed E-state index contributed by atoms with van der Waals surface area (Å²) in [6.07, 6.45) is 1.98. The zero-order valence-corrected chi connectivity index (χ0v) is 15.4. The average molecular weight is 361 g/mol. The van der Waals surface area contributed by atoms with Crippen LogP contribution in [0.2, 0.25) is 0 Å². The Bertz CT molecular complexity index is 954. The van der Waals surface area contributed by atoms with Gasteiger partial charge in [-0.3, -0.25) is 4.79 Å². The fourth-order valence-electron chi connectivity index (χ4n) is 2.66. The van der Waals surface area contributed by atoms with Crippen LogP contribution in [0.3, 0.4) is 0 Å². The van der Waals surface area contributed by atoms with Gasteiger partial charge in [0.25, 0.3) is 0 Å². The number of thioether (sulfide) groups is 1. The Labute approximate surface area is 156 Å². The van der Waals surface area contributed by atoms with Crippen molar-refractivity contribution in [3.8, 4) is 0 Å². The second-order valence-electron chi connectivity index (χ2n) is 5.92. The largest absolute Gasteiger partial charge is 0.288 e.